The lowest BCUT2D eigenvalue weighted by molar-refractivity contribution is 0.364. The largest absolute Gasteiger partial charge is 0.338 e. The zero-order valence-corrected chi connectivity index (χ0v) is 10.6. The highest BCUT2D eigenvalue weighted by Crippen LogP contribution is 2.17. The van der Waals surface area contributed by atoms with Gasteiger partial charge in [0.1, 0.15) is 0 Å². The van der Waals surface area contributed by atoms with Crippen LogP contribution in [0, 0.1) is 5.92 Å². The number of aryl methyl sites for hydroxylation is 1. The van der Waals surface area contributed by atoms with Gasteiger partial charge in [0.2, 0.25) is 5.89 Å². The normalized spacial score (nSPS) is 18.4. The minimum absolute atomic E-state index is 0.514. The Morgan fingerprint density at radius 1 is 1.35 bits per heavy atom. The van der Waals surface area contributed by atoms with Crippen LogP contribution in [0.15, 0.2) is 4.52 Å². The molecule has 5 heteroatoms. The Labute approximate surface area is 102 Å². The van der Waals surface area contributed by atoms with E-state index < -0.39 is 0 Å². The first-order chi connectivity index (χ1) is 8.29. The average molecular weight is 238 g/mol. The van der Waals surface area contributed by atoms with Crippen LogP contribution in [-0.2, 0) is 6.42 Å². The molecule has 1 atom stereocenters. The van der Waals surface area contributed by atoms with E-state index in [1.807, 2.05) is 0 Å². The van der Waals surface area contributed by atoms with Gasteiger partial charge in [-0.3, -0.25) is 0 Å². The van der Waals surface area contributed by atoms with Crippen LogP contribution in [0.4, 0.5) is 5.95 Å². The first kappa shape index (κ1) is 12.4. The Balaban J connectivity index is 1.86. The summed E-state index contributed by atoms with van der Waals surface area (Å²) in [6.45, 7) is 4.96. The van der Waals surface area contributed by atoms with Crippen LogP contribution in [0.2, 0.25) is 0 Å². The number of anilines is 1. The molecule has 0 aliphatic carbocycles. The number of piperidine rings is 1. The van der Waals surface area contributed by atoms with Crippen LogP contribution >= 0.6 is 0 Å². The molecule has 2 rings (SSSR count). The molecule has 0 aromatic carbocycles. The van der Waals surface area contributed by atoms with Crippen LogP contribution < -0.4 is 10.6 Å². The molecule has 0 bridgehead atoms. The summed E-state index contributed by atoms with van der Waals surface area (Å²) in [5.41, 5.74) is 5.58. The predicted octanol–water partition coefficient (Wildman–Crippen LogP) is 1.59. The number of nitrogens with two attached hydrogens (primary N) is 1. The van der Waals surface area contributed by atoms with Crippen molar-refractivity contribution in [2.75, 3.05) is 24.5 Å². The van der Waals surface area contributed by atoms with E-state index in [9.17, 15) is 0 Å². The van der Waals surface area contributed by atoms with Crippen molar-refractivity contribution in [3.05, 3.63) is 5.89 Å². The molecule has 0 amide bonds. The second-order valence-electron chi connectivity index (χ2n) is 4.92. The maximum Gasteiger partial charge on any atom is 0.266 e. The molecule has 96 valence electrons. The highest BCUT2D eigenvalue weighted by molar-refractivity contribution is 5.27. The van der Waals surface area contributed by atoms with Gasteiger partial charge in [0.05, 0.1) is 0 Å². The van der Waals surface area contributed by atoms with Crippen molar-refractivity contribution in [3.63, 3.8) is 0 Å². The fraction of sp³-hybridized carbons (Fsp3) is 0.833. The molecular formula is C12H22N4O. The van der Waals surface area contributed by atoms with E-state index >= 15 is 0 Å². The average Bonchev–Trinajstić information content (AvgIpc) is 2.86. The predicted molar refractivity (Wildman–Crippen MR) is 66.9 cm³/mol. The van der Waals surface area contributed by atoms with Crippen molar-refractivity contribution in [1.82, 2.24) is 10.1 Å². The quantitative estimate of drug-likeness (QED) is 0.843. The molecule has 5 nitrogen and oxygen atoms in total. The first-order valence-electron chi connectivity index (χ1n) is 6.57. The molecular weight excluding hydrogens is 216 g/mol. The van der Waals surface area contributed by atoms with Crippen LogP contribution in [0.5, 0.6) is 0 Å². The molecule has 1 unspecified atom stereocenters. The lowest BCUT2D eigenvalue weighted by Crippen LogP contribution is -2.30. The third-order valence-electron chi connectivity index (χ3n) is 3.35. The van der Waals surface area contributed by atoms with E-state index in [2.05, 4.69) is 22.0 Å². The summed E-state index contributed by atoms with van der Waals surface area (Å²) in [6.07, 6.45) is 5.62. The van der Waals surface area contributed by atoms with E-state index in [0.717, 1.165) is 37.8 Å². The number of hydrogen-bond donors (Lipinski definition) is 1. The maximum absolute atomic E-state index is 5.58. The van der Waals surface area contributed by atoms with Gasteiger partial charge in [-0.15, -0.1) is 0 Å². The van der Waals surface area contributed by atoms with Gasteiger partial charge in [0.15, 0.2) is 0 Å². The van der Waals surface area contributed by atoms with Gasteiger partial charge >= 0.3 is 0 Å². The van der Waals surface area contributed by atoms with Crippen molar-refractivity contribution in [2.45, 2.75) is 39.0 Å². The monoisotopic (exact) mass is 238 g/mol. The third kappa shape index (κ3) is 3.43. The van der Waals surface area contributed by atoms with E-state index in [0.29, 0.717) is 12.5 Å². The highest BCUT2D eigenvalue weighted by atomic mass is 16.5. The minimum Gasteiger partial charge on any atom is -0.338 e. The standard InChI is InChI=1S/C12H22N4O/c1-10(9-13)5-6-11-14-12(15-17-11)16-7-3-2-4-8-16/h10H,2-9,13H2,1H3. The maximum atomic E-state index is 5.58. The van der Waals surface area contributed by atoms with Gasteiger partial charge in [-0.25, -0.2) is 0 Å². The fourth-order valence-electron chi connectivity index (χ4n) is 2.06. The van der Waals surface area contributed by atoms with Gasteiger partial charge in [0.25, 0.3) is 5.95 Å². The van der Waals surface area contributed by atoms with Crippen LogP contribution in [0.25, 0.3) is 0 Å². The SMILES string of the molecule is CC(CN)CCc1nc(N2CCCCC2)no1. The van der Waals surface area contributed by atoms with Crippen LogP contribution in [0.3, 0.4) is 0 Å². The van der Waals surface area contributed by atoms with Crippen LogP contribution in [-0.4, -0.2) is 29.8 Å². The lowest BCUT2D eigenvalue weighted by Gasteiger charge is -2.24. The van der Waals surface area contributed by atoms with Gasteiger partial charge in [-0.05, 0) is 43.3 Å². The minimum atomic E-state index is 0.514. The van der Waals surface area contributed by atoms with Crippen molar-refractivity contribution in [1.29, 1.82) is 0 Å². The Bertz CT molecular complexity index is 333. The van der Waals surface area contributed by atoms with E-state index in [4.69, 9.17) is 10.3 Å². The van der Waals surface area contributed by atoms with Gasteiger partial charge in [-0.1, -0.05) is 6.92 Å². The molecule has 1 saturated heterocycles. The topological polar surface area (TPSA) is 68.2 Å². The molecule has 0 spiro atoms. The number of rotatable bonds is 5. The van der Waals surface area contributed by atoms with E-state index in [1.54, 1.807) is 0 Å². The van der Waals surface area contributed by atoms with Gasteiger partial charge < -0.3 is 15.2 Å². The summed E-state index contributed by atoms with van der Waals surface area (Å²) < 4.78 is 5.27. The highest BCUT2D eigenvalue weighted by Gasteiger charge is 2.16. The van der Waals surface area contributed by atoms with Gasteiger partial charge in [0, 0.05) is 19.5 Å². The first-order valence-corrected chi connectivity index (χ1v) is 6.57. The Morgan fingerprint density at radius 2 is 2.12 bits per heavy atom. The summed E-state index contributed by atoms with van der Waals surface area (Å²) in [7, 11) is 0. The second-order valence-corrected chi connectivity index (χ2v) is 4.92. The molecule has 1 aromatic rings. The van der Waals surface area contributed by atoms with Crippen molar-refractivity contribution >= 4 is 5.95 Å². The van der Waals surface area contributed by atoms with E-state index in [1.165, 1.54) is 19.3 Å². The lowest BCUT2D eigenvalue weighted by atomic mass is 10.1. The molecule has 1 fully saturated rings. The Hall–Kier alpha value is -1.10. The number of aromatic nitrogens is 2. The smallest absolute Gasteiger partial charge is 0.266 e. The summed E-state index contributed by atoms with van der Waals surface area (Å²) in [4.78, 5) is 6.66. The third-order valence-corrected chi connectivity index (χ3v) is 3.35. The molecule has 2 heterocycles. The molecule has 1 aliphatic rings. The second kappa shape index (κ2) is 6.00. The molecule has 1 aliphatic heterocycles. The van der Waals surface area contributed by atoms with Crippen molar-refractivity contribution < 1.29 is 4.52 Å². The summed E-state index contributed by atoms with van der Waals surface area (Å²) >= 11 is 0. The van der Waals surface area contributed by atoms with E-state index in [-0.39, 0.29) is 0 Å². The molecule has 1 aromatic heterocycles. The molecule has 17 heavy (non-hydrogen) atoms. The Morgan fingerprint density at radius 3 is 2.82 bits per heavy atom. The summed E-state index contributed by atoms with van der Waals surface area (Å²) in [5.74, 6) is 2.02. The zero-order valence-electron chi connectivity index (χ0n) is 10.6. The van der Waals surface area contributed by atoms with Crippen molar-refractivity contribution in [3.8, 4) is 0 Å². The summed E-state index contributed by atoms with van der Waals surface area (Å²) in [6, 6.07) is 0. The van der Waals surface area contributed by atoms with Crippen LogP contribution in [0.1, 0.15) is 38.5 Å². The molecule has 0 radical (unpaired) electrons. The number of hydrogen-bond acceptors (Lipinski definition) is 5. The van der Waals surface area contributed by atoms with Gasteiger partial charge in [-0.2, -0.15) is 4.98 Å². The summed E-state index contributed by atoms with van der Waals surface area (Å²) in [5, 5.41) is 4.05. The fourth-order valence-corrected chi connectivity index (χ4v) is 2.06. The van der Waals surface area contributed by atoms with Crippen molar-refractivity contribution in [2.24, 2.45) is 11.7 Å². The number of nitrogens with zero attached hydrogens (tertiary/aromatic N) is 3. The molecule has 0 saturated carbocycles. The zero-order chi connectivity index (χ0) is 12.1. The molecule has 2 N–H and O–H groups in total. The Kier molecular flexibility index (Phi) is 4.36.